The van der Waals surface area contributed by atoms with E-state index in [1.807, 2.05) is 29.9 Å². The maximum atomic E-state index is 11.6. The number of anilines is 2. The number of amides is 1. The summed E-state index contributed by atoms with van der Waals surface area (Å²) in [6.07, 6.45) is 4.99. The summed E-state index contributed by atoms with van der Waals surface area (Å²) in [5.74, 6) is 1.53. The minimum atomic E-state index is -0.239. The third-order valence-electron chi connectivity index (χ3n) is 4.66. The molecule has 0 atom stereocenters. The van der Waals surface area contributed by atoms with E-state index in [9.17, 15) is 4.79 Å². The van der Waals surface area contributed by atoms with Crippen LogP contribution in [0.1, 0.15) is 15.9 Å². The summed E-state index contributed by atoms with van der Waals surface area (Å²) in [6, 6.07) is 12.5. The van der Waals surface area contributed by atoms with Crippen LogP contribution in [0.15, 0.2) is 60.0 Å². The second-order valence-electron chi connectivity index (χ2n) is 6.57. The predicted octanol–water partition coefficient (Wildman–Crippen LogP) is 4.73. The first kappa shape index (κ1) is 17.4. The molecule has 0 saturated heterocycles. The monoisotopic (exact) mass is 403 g/mol. The average Bonchev–Trinajstić information content (AvgIpc) is 3.28. The minimum Gasteiger partial charge on any atom is -0.456 e. The zero-order valence-electron chi connectivity index (χ0n) is 15.3. The number of carbonyl (C=O) groups is 1. The number of carbonyl (C=O) groups excluding carboxylic acids is 1. The molecule has 0 aliphatic carbocycles. The first-order valence-electron chi connectivity index (χ1n) is 8.81. The van der Waals surface area contributed by atoms with Gasteiger partial charge >= 0.3 is 0 Å². The average molecular weight is 404 g/mol. The Labute approximate surface area is 170 Å². The van der Waals surface area contributed by atoms with E-state index in [1.54, 1.807) is 30.3 Å². The van der Waals surface area contributed by atoms with Gasteiger partial charge in [0.05, 0.1) is 16.1 Å². The van der Waals surface area contributed by atoms with Gasteiger partial charge in [0.2, 0.25) is 0 Å². The molecule has 0 bridgehead atoms. The highest BCUT2D eigenvalue weighted by atomic mass is 35.5. The zero-order chi connectivity index (χ0) is 20.0. The zero-order valence-corrected chi connectivity index (χ0v) is 16.0. The molecule has 1 aliphatic heterocycles. The highest BCUT2D eigenvalue weighted by Gasteiger charge is 2.16. The van der Waals surface area contributed by atoms with Crippen LogP contribution in [0.3, 0.4) is 0 Å². The van der Waals surface area contributed by atoms with Crippen molar-refractivity contribution in [3.8, 4) is 11.5 Å². The van der Waals surface area contributed by atoms with Crippen molar-refractivity contribution in [2.75, 3.05) is 5.32 Å². The summed E-state index contributed by atoms with van der Waals surface area (Å²) in [7, 11) is 1.94. The summed E-state index contributed by atoms with van der Waals surface area (Å²) in [4.78, 5) is 24.0. The fourth-order valence-electron chi connectivity index (χ4n) is 3.24. The highest BCUT2D eigenvalue weighted by molar-refractivity contribution is 6.32. The van der Waals surface area contributed by atoms with Crippen LogP contribution in [0.25, 0.3) is 11.0 Å². The standard InChI is InChI=1S/C21H14ClN5O2/c1-27-7-6-17-19(27)20(25-11-24-17)26-13-2-5-18(16(22)9-13)29-14-3-4-15-12(8-14)10-23-21(15)28/h2-11H,1H3,(H,24,25,26). The van der Waals surface area contributed by atoms with Gasteiger partial charge in [-0.3, -0.25) is 4.79 Å². The maximum Gasteiger partial charge on any atom is 0.277 e. The molecule has 7 nitrogen and oxygen atoms in total. The molecule has 1 aliphatic rings. The van der Waals surface area contributed by atoms with E-state index < -0.39 is 0 Å². The van der Waals surface area contributed by atoms with Crippen molar-refractivity contribution in [3.63, 3.8) is 0 Å². The van der Waals surface area contributed by atoms with E-state index in [2.05, 4.69) is 20.3 Å². The molecule has 4 aromatic rings. The SMILES string of the molecule is Cn1ccc2ncnc(Nc3ccc(Oc4ccc5c(c4)C=NC5=O)c(Cl)c3)c21. The Balaban J connectivity index is 1.40. The number of aromatic nitrogens is 3. The van der Waals surface area contributed by atoms with E-state index >= 15 is 0 Å². The van der Waals surface area contributed by atoms with Crippen LogP contribution in [0, 0.1) is 0 Å². The Kier molecular flexibility index (Phi) is 4.03. The second kappa shape index (κ2) is 6.72. The van der Waals surface area contributed by atoms with Crippen LogP contribution in [-0.4, -0.2) is 26.7 Å². The fourth-order valence-corrected chi connectivity index (χ4v) is 3.46. The van der Waals surface area contributed by atoms with Crippen LogP contribution in [0.2, 0.25) is 5.02 Å². The normalized spacial score (nSPS) is 12.4. The van der Waals surface area contributed by atoms with Gasteiger partial charge in [0.15, 0.2) is 5.82 Å². The van der Waals surface area contributed by atoms with E-state index in [0.717, 1.165) is 22.3 Å². The number of benzene rings is 2. The molecule has 0 unspecified atom stereocenters. The van der Waals surface area contributed by atoms with Gasteiger partial charge in [0.1, 0.15) is 23.3 Å². The molecule has 3 heterocycles. The second-order valence-corrected chi connectivity index (χ2v) is 6.97. The van der Waals surface area contributed by atoms with Gasteiger partial charge in [0.25, 0.3) is 5.91 Å². The van der Waals surface area contributed by atoms with E-state index in [0.29, 0.717) is 27.9 Å². The topological polar surface area (TPSA) is 81.4 Å². The number of hydrogen-bond donors (Lipinski definition) is 1. The Morgan fingerprint density at radius 2 is 2.00 bits per heavy atom. The number of ether oxygens (including phenoxy) is 1. The Morgan fingerprint density at radius 1 is 1.10 bits per heavy atom. The maximum absolute atomic E-state index is 11.6. The van der Waals surface area contributed by atoms with Crippen molar-refractivity contribution in [2.24, 2.45) is 12.0 Å². The minimum absolute atomic E-state index is 0.239. The first-order valence-corrected chi connectivity index (χ1v) is 9.19. The smallest absolute Gasteiger partial charge is 0.277 e. The summed E-state index contributed by atoms with van der Waals surface area (Å²) in [5.41, 5.74) is 3.83. The molecule has 2 aromatic carbocycles. The fraction of sp³-hybridized carbons (Fsp3) is 0.0476. The molecular weight excluding hydrogens is 390 g/mol. The lowest BCUT2D eigenvalue weighted by atomic mass is 10.1. The molecule has 142 valence electrons. The highest BCUT2D eigenvalue weighted by Crippen LogP contribution is 2.34. The van der Waals surface area contributed by atoms with Crippen molar-refractivity contribution in [1.82, 2.24) is 14.5 Å². The Morgan fingerprint density at radius 3 is 2.86 bits per heavy atom. The van der Waals surface area contributed by atoms with Gasteiger partial charge in [-0.05, 0) is 42.5 Å². The molecule has 8 heteroatoms. The van der Waals surface area contributed by atoms with Crippen LogP contribution >= 0.6 is 11.6 Å². The third kappa shape index (κ3) is 3.11. The van der Waals surface area contributed by atoms with Crippen LogP contribution in [0.5, 0.6) is 11.5 Å². The summed E-state index contributed by atoms with van der Waals surface area (Å²) >= 11 is 6.43. The van der Waals surface area contributed by atoms with Gasteiger partial charge in [-0.25, -0.2) is 15.0 Å². The van der Waals surface area contributed by atoms with Gasteiger partial charge in [-0.2, -0.15) is 0 Å². The van der Waals surface area contributed by atoms with Crippen LogP contribution in [0.4, 0.5) is 11.5 Å². The third-order valence-corrected chi connectivity index (χ3v) is 4.95. The van der Waals surface area contributed by atoms with Gasteiger partial charge in [-0.1, -0.05) is 11.6 Å². The molecule has 0 saturated carbocycles. The van der Waals surface area contributed by atoms with E-state index in [4.69, 9.17) is 16.3 Å². The largest absolute Gasteiger partial charge is 0.456 e. The predicted molar refractivity (Wildman–Crippen MR) is 112 cm³/mol. The quantitative estimate of drug-likeness (QED) is 0.532. The number of rotatable bonds is 4. The molecule has 5 rings (SSSR count). The summed E-state index contributed by atoms with van der Waals surface area (Å²) in [5, 5.41) is 3.72. The summed E-state index contributed by atoms with van der Waals surface area (Å²) in [6.45, 7) is 0. The molecule has 1 amide bonds. The first-order chi connectivity index (χ1) is 14.1. The van der Waals surface area contributed by atoms with Gasteiger partial charge < -0.3 is 14.6 Å². The summed E-state index contributed by atoms with van der Waals surface area (Å²) < 4.78 is 7.85. The van der Waals surface area contributed by atoms with Crippen molar-refractivity contribution in [1.29, 1.82) is 0 Å². The number of aliphatic imine (C=N–C) groups is 1. The van der Waals surface area contributed by atoms with Crippen molar-refractivity contribution in [3.05, 3.63) is 71.1 Å². The Hall–Kier alpha value is -3.71. The molecule has 0 spiro atoms. The van der Waals surface area contributed by atoms with Crippen molar-refractivity contribution >= 4 is 46.3 Å². The molecular formula is C21H14ClN5O2. The van der Waals surface area contributed by atoms with E-state index in [-0.39, 0.29) is 5.91 Å². The van der Waals surface area contributed by atoms with E-state index in [1.165, 1.54) is 12.5 Å². The number of hydrogen-bond acceptors (Lipinski definition) is 5. The van der Waals surface area contributed by atoms with Crippen molar-refractivity contribution < 1.29 is 9.53 Å². The Bertz CT molecular complexity index is 1310. The molecule has 29 heavy (non-hydrogen) atoms. The number of aryl methyl sites for hydroxylation is 1. The van der Waals surface area contributed by atoms with Crippen molar-refractivity contribution in [2.45, 2.75) is 0 Å². The number of halogens is 1. The van der Waals surface area contributed by atoms with Gasteiger partial charge in [-0.15, -0.1) is 0 Å². The van der Waals surface area contributed by atoms with Crippen LogP contribution in [-0.2, 0) is 7.05 Å². The lowest BCUT2D eigenvalue weighted by Crippen LogP contribution is -1.98. The number of fused-ring (bicyclic) bond motifs is 2. The lowest BCUT2D eigenvalue weighted by molar-refractivity contribution is 0.101. The molecule has 2 aromatic heterocycles. The number of nitrogens with one attached hydrogen (secondary N) is 1. The van der Waals surface area contributed by atoms with Gasteiger partial charge in [0, 0.05) is 30.7 Å². The molecule has 0 radical (unpaired) electrons. The molecule has 0 fully saturated rings. The van der Waals surface area contributed by atoms with Crippen LogP contribution < -0.4 is 10.1 Å². The molecule has 1 N–H and O–H groups in total. The number of nitrogens with zero attached hydrogens (tertiary/aromatic N) is 4. The lowest BCUT2D eigenvalue weighted by Gasteiger charge is -2.12.